The average Bonchev–Trinajstić information content (AvgIpc) is 3.23. The topological polar surface area (TPSA) is 55.1 Å². The van der Waals surface area contributed by atoms with E-state index in [4.69, 9.17) is 16.0 Å². The third kappa shape index (κ3) is 3.20. The molecular weight excluding hydrogens is 360 g/mol. The second-order valence-electron chi connectivity index (χ2n) is 6.73. The van der Waals surface area contributed by atoms with Gasteiger partial charge in [0, 0.05) is 48.8 Å². The number of pyridine rings is 1. The van der Waals surface area contributed by atoms with E-state index in [1.54, 1.807) is 6.26 Å². The van der Waals surface area contributed by atoms with Crippen LogP contribution in [0.3, 0.4) is 0 Å². The van der Waals surface area contributed by atoms with Crippen LogP contribution in [0.15, 0.2) is 59.3 Å². The highest BCUT2D eigenvalue weighted by Crippen LogP contribution is 2.25. The van der Waals surface area contributed by atoms with Gasteiger partial charge in [-0.3, -0.25) is 4.90 Å². The Bertz CT molecular complexity index is 1110. The molecule has 0 bridgehead atoms. The van der Waals surface area contributed by atoms with E-state index in [0.29, 0.717) is 16.7 Å². The fourth-order valence-corrected chi connectivity index (χ4v) is 3.73. The largest absolute Gasteiger partial charge is 0.461 e. The summed E-state index contributed by atoms with van der Waals surface area (Å²) in [6, 6.07) is 13.9. The van der Waals surface area contributed by atoms with Crippen LogP contribution in [0, 0.1) is 0 Å². The first kappa shape index (κ1) is 16.4. The number of hydrogen-bond donors (Lipinski definition) is 0. The van der Waals surface area contributed by atoms with Gasteiger partial charge < -0.3 is 4.42 Å². The number of fused-ring (bicyclic) bond motifs is 2. The molecule has 0 unspecified atom stereocenters. The monoisotopic (exact) mass is 376 g/mol. The maximum Gasteiger partial charge on any atom is 0.195 e. The lowest BCUT2D eigenvalue weighted by Crippen LogP contribution is -2.31. The minimum atomic E-state index is 0.573. The molecule has 0 radical (unpaired) electrons. The van der Waals surface area contributed by atoms with E-state index in [2.05, 4.69) is 32.0 Å². The van der Waals surface area contributed by atoms with E-state index in [-0.39, 0.29) is 0 Å². The highest BCUT2D eigenvalue weighted by atomic mass is 35.5. The van der Waals surface area contributed by atoms with Gasteiger partial charge in [-0.25, -0.2) is 15.0 Å². The van der Waals surface area contributed by atoms with Gasteiger partial charge in [0.05, 0.1) is 17.5 Å². The SMILES string of the molecule is Clc1nc2ccccc2cc1CN1CCc2nc(-c3ccco3)ncc2C1. The van der Waals surface area contributed by atoms with Gasteiger partial charge in [-0.1, -0.05) is 29.8 Å². The van der Waals surface area contributed by atoms with E-state index in [1.807, 2.05) is 36.5 Å². The molecule has 0 atom stereocenters. The van der Waals surface area contributed by atoms with Crippen molar-refractivity contribution in [2.24, 2.45) is 0 Å². The molecule has 6 heteroatoms. The molecule has 0 saturated carbocycles. The summed E-state index contributed by atoms with van der Waals surface area (Å²) < 4.78 is 5.40. The summed E-state index contributed by atoms with van der Waals surface area (Å²) in [7, 11) is 0. The first-order valence-electron chi connectivity index (χ1n) is 8.91. The van der Waals surface area contributed by atoms with E-state index >= 15 is 0 Å². The zero-order valence-electron chi connectivity index (χ0n) is 14.6. The Kier molecular flexibility index (Phi) is 4.11. The maximum absolute atomic E-state index is 6.43. The molecule has 5 rings (SSSR count). The van der Waals surface area contributed by atoms with Gasteiger partial charge in [0.25, 0.3) is 0 Å². The van der Waals surface area contributed by atoms with Gasteiger partial charge in [0.1, 0.15) is 5.15 Å². The second-order valence-corrected chi connectivity index (χ2v) is 7.09. The summed E-state index contributed by atoms with van der Waals surface area (Å²) in [4.78, 5) is 16.0. The van der Waals surface area contributed by atoms with Gasteiger partial charge in [-0.05, 0) is 24.3 Å². The van der Waals surface area contributed by atoms with Gasteiger partial charge >= 0.3 is 0 Å². The fraction of sp³-hybridized carbons (Fsp3) is 0.190. The van der Waals surface area contributed by atoms with Crippen LogP contribution in [0.5, 0.6) is 0 Å². The number of furan rings is 1. The second kappa shape index (κ2) is 6.76. The number of rotatable bonds is 3. The standard InChI is InChI=1S/C21H17ClN4O/c22-20-15(10-14-4-1-2-5-17(14)24-20)12-26-8-7-18-16(13-26)11-23-21(25-18)19-6-3-9-27-19/h1-6,9-11H,7-8,12-13H2. The zero-order valence-corrected chi connectivity index (χ0v) is 15.4. The Morgan fingerprint density at radius 2 is 2.04 bits per heavy atom. The summed E-state index contributed by atoms with van der Waals surface area (Å²) in [5.41, 5.74) is 4.22. The van der Waals surface area contributed by atoms with Crippen LogP contribution in [0.25, 0.3) is 22.5 Å². The van der Waals surface area contributed by atoms with Gasteiger partial charge in [0.15, 0.2) is 11.6 Å². The van der Waals surface area contributed by atoms with Gasteiger partial charge in [-0.15, -0.1) is 0 Å². The zero-order chi connectivity index (χ0) is 18.2. The fourth-order valence-electron chi connectivity index (χ4n) is 3.52. The molecule has 0 spiro atoms. The van der Waals surface area contributed by atoms with Crippen molar-refractivity contribution >= 4 is 22.5 Å². The number of nitrogens with zero attached hydrogens (tertiary/aromatic N) is 4. The number of para-hydroxylation sites is 1. The quantitative estimate of drug-likeness (QED) is 0.493. The Morgan fingerprint density at radius 1 is 1.11 bits per heavy atom. The Hall–Kier alpha value is -2.76. The predicted molar refractivity (Wildman–Crippen MR) is 104 cm³/mol. The Balaban J connectivity index is 1.37. The molecule has 0 aliphatic carbocycles. The number of aromatic nitrogens is 3. The number of benzene rings is 1. The van der Waals surface area contributed by atoms with Crippen molar-refractivity contribution in [2.45, 2.75) is 19.5 Å². The van der Waals surface area contributed by atoms with Crippen LogP contribution in [-0.2, 0) is 19.5 Å². The van der Waals surface area contributed by atoms with Crippen molar-refractivity contribution in [3.05, 3.63) is 76.9 Å². The molecule has 0 fully saturated rings. The minimum absolute atomic E-state index is 0.573. The molecule has 5 nitrogen and oxygen atoms in total. The third-order valence-electron chi connectivity index (χ3n) is 4.90. The molecule has 0 amide bonds. The van der Waals surface area contributed by atoms with Gasteiger partial charge in [0.2, 0.25) is 0 Å². The minimum Gasteiger partial charge on any atom is -0.461 e. The molecule has 1 aromatic carbocycles. The smallest absolute Gasteiger partial charge is 0.195 e. The molecule has 1 aliphatic heterocycles. The lowest BCUT2D eigenvalue weighted by atomic mass is 10.1. The normalized spacial score (nSPS) is 14.4. The van der Waals surface area contributed by atoms with Crippen LogP contribution < -0.4 is 0 Å². The van der Waals surface area contributed by atoms with E-state index in [0.717, 1.165) is 53.8 Å². The molecule has 3 aromatic heterocycles. The summed E-state index contributed by atoms with van der Waals surface area (Å²) in [5.74, 6) is 1.35. The van der Waals surface area contributed by atoms with Crippen LogP contribution in [0.2, 0.25) is 5.15 Å². The lowest BCUT2D eigenvalue weighted by Gasteiger charge is -2.28. The van der Waals surface area contributed by atoms with Crippen molar-refractivity contribution < 1.29 is 4.42 Å². The number of halogens is 1. The van der Waals surface area contributed by atoms with Crippen LogP contribution in [-0.4, -0.2) is 26.4 Å². The van der Waals surface area contributed by atoms with E-state index in [9.17, 15) is 0 Å². The predicted octanol–water partition coefficient (Wildman–Crippen LogP) is 4.50. The Morgan fingerprint density at radius 3 is 2.93 bits per heavy atom. The first-order valence-corrected chi connectivity index (χ1v) is 9.29. The summed E-state index contributed by atoms with van der Waals surface area (Å²) in [6.07, 6.45) is 4.43. The molecule has 1 aliphatic rings. The van der Waals surface area contributed by atoms with Crippen molar-refractivity contribution in [1.82, 2.24) is 19.9 Å². The molecule has 4 aromatic rings. The highest BCUT2D eigenvalue weighted by molar-refractivity contribution is 6.30. The van der Waals surface area contributed by atoms with Crippen molar-refractivity contribution in [1.29, 1.82) is 0 Å². The van der Waals surface area contributed by atoms with Crippen molar-refractivity contribution in [2.75, 3.05) is 6.54 Å². The molecule has 4 heterocycles. The molecular formula is C21H17ClN4O. The third-order valence-corrected chi connectivity index (χ3v) is 5.23. The molecule has 134 valence electrons. The van der Waals surface area contributed by atoms with Crippen LogP contribution in [0.4, 0.5) is 0 Å². The van der Waals surface area contributed by atoms with Crippen LogP contribution in [0.1, 0.15) is 16.8 Å². The average molecular weight is 377 g/mol. The van der Waals surface area contributed by atoms with E-state index < -0.39 is 0 Å². The first-order chi connectivity index (χ1) is 13.3. The van der Waals surface area contributed by atoms with Crippen molar-refractivity contribution in [3.63, 3.8) is 0 Å². The summed E-state index contributed by atoms with van der Waals surface area (Å²) in [5, 5.41) is 1.68. The molecule has 27 heavy (non-hydrogen) atoms. The molecule has 0 saturated heterocycles. The Labute approximate surface area is 161 Å². The van der Waals surface area contributed by atoms with E-state index in [1.165, 1.54) is 0 Å². The highest BCUT2D eigenvalue weighted by Gasteiger charge is 2.20. The van der Waals surface area contributed by atoms with Gasteiger partial charge in [-0.2, -0.15) is 0 Å². The maximum atomic E-state index is 6.43. The van der Waals surface area contributed by atoms with Crippen molar-refractivity contribution in [3.8, 4) is 11.6 Å². The van der Waals surface area contributed by atoms with Crippen LogP contribution >= 0.6 is 11.6 Å². The number of hydrogen-bond acceptors (Lipinski definition) is 5. The summed E-state index contributed by atoms with van der Waals surface area (Å²) >= 11 is 6.43. The lowest BCUT2D eigenvalue weighted by molar-refractivity contribution is 0.243. The molecule has 0 N–H and O–H groups in total. The summed E-state index contributed by atoms with van der Waals surface area (Å²) in [6.45, 7) is 2.48.